The van der Waals surface area contributed by atoms with Crippen LogP contribution in [-0.4, -0.2) is 20.5 Å². The molecule has 0 radical (unpaired) electrons. The summed E-state index contributed by atoms with van der Waals surface area (Å²) < 4.78 is 0. The summed E-state index contributed by atoms with van der Waals surface area (Å²) in [6, 6.07) is 1.98. The number of nitro benzene ring substituents is 3. The zero-order chi connectivity index (χ0) is 14.3. The van der Waals surface area contributed by atoms with E-state index < -0.39 is 31.8 Å². The Kier molecular flexibility index (Phi) is 5.86. The lowest BCUT2D eigenvalue weighted by atomic mass is 10.2. The van der Waals surface area contributed by atoms with E-state index in [0.29, 0.717) is 18.2 Å². The molecule has 0 spiro atoms. The van der Waals surface area contributed by atoms with Crippen LogP contribution in [0, 0.1) is 30.3 Å². The molecule has 10 nitrogen and oxygen atoms in total. The fourth-order valence-corrected chi connectivity index (χ4v) is 0.896. The molecular formula is C7H4ClN3O7. The third-order valence-corrected chi connectivity index (χ3v) is 1.52. The molecule has 1 rings (SSSR count). The van der Waals surface area contributed by atoms with E-state index in [-0.39, 0.29) is 5.75 Å². The average Bonchev–Trinajstić information content (AvgIpc) is 2.29. The fourth-order valence-electron chi connectivity index (χ4n) is 0.896. The maximum Gasteiger partial charge on any atom is 0.283 e. The number of hydrogen-bond donors (Lipinski definition) is 0. The van der Waals surface area contributed by atoms with Crippen molar-refractivity contribution in [1.82, 2.24) is 0 Å². The summed E-state index contributed by atoms with van der Waals surface area (Å²) in [6.45, 7) is 0. The number of rotatable bonds is 3. The predicted octanol–water partition coefficient (Wildman–Crippen LogP) is 1.83. The van der Waals surface area contributed by atoms with Gasteiger partial charge >= 0.3 is 0 Å². The second-order valence-electron chi connectivity index (χ2n) is 2.57. The number of carbonyl (C=O) groups excluding carboxylic acids is 1. The highest BCUT2D eigenvalue weighted by molar-refractivity contribution is 6.54. The molecule has 0 saturated heterocycles. The Balaban J connectivity index is 0.000000873. The van der Waals surface area contributed by atoms with Crippen molar-refractivity contribution >= 4 is 34.4 Å². The summed E-state index contributed by atoms with van der Waals surface area (Å²) in [5.41, 5.74) is -2.05. The van der Waals surface area contributed by atoms with Crippen LogP contribution in [0.15, 0.2) is 18.2 Å². The van der Waals surface area contributed by atoms with Crippen LogP contribution in [0.3, 0.4) is 0 Å². The number of hydrogen-bond acceptors (Lipinski definition) is 7. The number of benzene rings is 1. The van der Waals surface area contributed by atoms with Crippen molar-refractivity contribution in [3.8, 4) is 0 Å². The minimum absolute atomic E-state index is 0.222. The molecule has 0 aliphatic heterocycles. The molecule has 0 saturated carbocycles. The number of nitrogens with zero attached hydrogens (tertiary/aromatic N) is 3. The lowest BCUT2D eigenvalue weighted by Crippen LogP contribution is -1.96. The zero-order valence-corrected chi connectivity index (χ0v) is 9.14. The molecule has 0 aliphatic carbocycles. The SMILES string of the molecule is O=CCl.O=[N+]([O-])c1cc([N+](=O)[O-])cc([N+](=O)[O-])c1. The molecule has 0 atom stereocenters. The van der Waals surface area contributed by atoms with Gasteiger partial charge in [-0.1, -0.05) is 0 Å². The number of carbonyl (C=O) groups is 1. The third-order valence-electron chi connectivity index (χ3n) is 1.52. The molecule has 1 aromatic rings. The average molecular weight is 278 g/mol. The lowest BCUT2D eigenvalue weighted by Gasteiger charge is -1.93. The molecule has 0 bridgehead atoms. The lowest BCUT2D eigenvalue weighted by molar-refractivity contribution is -0.403. The molecule has 0 aliphatic rings. The number of halogens is 1. The van der Waals surface area contributed by atoms with Gasteiger partial charge in [-0.2, -0.15) is 0 Å². The summed E-state index contributed by atoms with van der Waals surface area (Å²) >= 11 is 4.32. The summed E-state index contributed by atoms with van der Waals surface area (Å²) in [4.78, 5) is 36.7. The predicted molar refractivity (Wildman–Crippen MR) is 59.0 cm³/mol. The molecule has 18 heavy (non-hydrogen) atoms. The second kappa shape index (κ2) is 6.85. The summed E-state index contributed by atoms with van der Waals surface area (Å²) in [7, 11) is 0. The Morgan fingerprint density at radius 3 is 1.11 bits per heavy atom. The molecule has 0 aromatic heterocycles. The van der Waals surface area contributed by atoms with Gasteiger partial charge in [0.25, 0.3) is 17.1 Å². The third kappa shape index (κ3) is 4.49. The summed E-state index contributed by atoms with van der Waals surface area (Å²) in [5.74, 6) is 0.222. The van der Waals surface area contributed by atoms with Crippen molar-refractivity contribution in [3.05, 3.63) is 48.5 Å². The summed E-state index contributed by atoms with van der Waals surface area (Å²) in [6.07, 6.45) is 0. The van der Waals surface area contributed by atoms with Crippen molar-refractivity contribution < 1.29 is 19.6 Å². The van der Waals surface area contributed by atoms with Gasteiger partial charge in [-0.05, 0) is 11.6 Å². The highest BCUT2D eigenvalue weighted by atomic mass is 35.5. The Bertz CT molecular complexity index is 425. The van der Waals surface area contributed by atoms with Crippen molar-refractivity contribution in [2.75, 3.05) is 0 Å². The maximum absolute atomic E-state index is 10.3. The molecule has 0 fully saturated rings. The molecule has 96 valence electrons. The second-order valence-corrected chi connectivity index (χ2v) is 2.75. The van der Waals surface area contributed by atoms with Gasteiger partial charge in [0.05, 0.1) is 33.0 Å². The fraction of sp³-hybridized carbons (Fsp3) is 0. The largest absolute Gasteiger partial charge is 0.285 e. The van der Waals surface area contributed by atoms with Crippen LogP contribution in [0.5, 0.6) is 0 Å². The Hall–Kier alpha value is -2.62. The van der Waals surface area contributed by atoms with Gasteiger partial charge in [-0.3, -0.25) is 35.1 Å². The van der Waals surface area contributed by atoms with Crippen LogP contribution in [0.1, 0.15) is 0 Å². The van der Waals surface area contributed by atoms with Gasteiger partial charge in [0.2, 0.25) is 5.75 Å². The molecule has 0 N–H and O–H groups in total. The first-order valence-corrected chi connectivity index (χ1v) is 4.39. The van der Waals surface area contributed by atoms with Crippen LogP contribution in [-0.2, 0) is 4.79 Å². The van der Waals surface area contributed by atoms with Crippen molar-refractivity contribution in [3.63, 3.8) is 0 Å². The number of nitro groups is 3. The first-order valence-electron chi connectivity index (χ1n) is 3.95. The van der Waals surface area contributed by atoms with E-state index in [2.05, 4.69) is 11.6 Å². The van der Waals surface area contributed by atoms with Crippen LogP contribution in [0.2, 0.25) is 0 Å². The highest BCUT2D eigenvalue weighted by Crippen LogP contribution is 2.26. The first kappa shape index (κ1) is 15.4. The number of non-ortho nitro benzene ring substituents is 3. The van der Waals surface area contributed by atoms with Crippen LogP contribution in [0.4, 0.5) is 17.1 Å². The van der Waals surface area contributed by atoms with Crippen LogP contribution < -0.4 is 0 Å². The van der Waals surface area contributed by atoms with Crippen molar-refractivity contribution in [1.29, 1.82) is 0 Å². The van der Waals surface area contributed by atoms with Crippen molar-refractivity contribution in [2.45, 2.75) is 0 Å². The van der Waals surface area contributed by atoms with E-state index in [4.69, 9.17) is 4.79 Å². The van der Waals surface area contributed by atoms with E-state index in [1.54, 1.807) is 0 Å². The van der Waals surface area contributed by atoms with Gasteiger partial charge in [-0.15, -0.1) is 0 Å². The van der Waals surface area contributed by atoms with Gasteiger partial charge < -0.3 is 0 Å². The highest BCUT2D eigenvalue weighted by Gasteiger charge is 2.21. The Labute approximate surface area is 103 Å². The minimum atomic E-state index is -0.931. The van der Waals surface area contributed by atoms with Gasteiger partial charge in [0.15, 0.2) is 0 Å². The quantitative estimate of drug-likeness (QED) is 0.354. The standard InChI is InChI=1S/C6H3N3O6.CHClO/c10-7(11)4-1-5(8(12)13)3-6(2-4)9(14)15;2-1-3/h1-3H;1H. The minimum Gasteiger partial charge on any atom is -0.285 e. The molecule has 0 amide bonds. The maximum atomic E-state index is 10.3. The van der Waals surface area contributed by atoms with E-state index in [0.717, 1.165) is 0 Å². The van der Waals surface area contributed by atoms with E-state index in [9.17, 15) is 30.3 Å². The Morgan fingerprint density at radius 1 is 0.833 bits per heavy atom. The van der Waals surface area contributed by atoms with Crippen LogP contribution in [0.25, 0.3) is 0 Å². The van der Waals surface area contributed by atoms with E-state index >= 15 is 0 Å². The molecule has 0 heterocycles. The normalized spacial score (nSPS) is 8.72. The smallest absolute Gasteiger partial charge is 0.283 e. The van der Waals surface area contributed by atoms with E-state index in [1.165, 1.54) is 0 Å². The van der Waals surface area contributed by atoms with Gasteiger partial charge in [0, 0.05) is 0 Å². The molecule has 1 aromatic carbocycles. The molecule has 0 unspecified atom stereocenters. The monoisotopic (exact) mass is 277 g/mol. The van der Waals surface area contributed by atoms with Crippen LogP contribution >= 0.6 is 11.6 Å². The Morgan fingerprint density at radius 2 is 1.00 bits per heavy atom. The van der Waals surface area contributed by atoms with Crippen molar-refractivity contribution in [2.24, 2.45) is 0 Å². The van der Waals surface area contributed by atoms with Gasteiger partial charge in [0.1, 0.15) is 0 Å². The topological polar surface area (TPSA) is 146 Å². The molecule has 11 heteroatoms. The molecular weight excluding hydrogens is 274 g/mol. The zero-order valence-electron chi connectivity index (χ0n) is 8.39. The first-order chi connectivity index (χ1) is 8.33. The summed E-state index contributed by atoms with van der Waals surface area (Å²) in [5, 5.41) is 30.9. The van der Waals surface area contributed by atoms with Gasteiger partial charge in [-0.25, -0.2) is 0 Å². The van der Waals surface area contributed by atoms with E-state index in [1.807, 2.05) is 0 Å².